The lowest BCUT2D eigenvalue weighted by atomic mass is 10.00. The smallest absolute Gasteiger partial charge is 0.264 e. The average molecular weight is 220 g/mol. The standard InChI is InChI=1S/C10H8N2O4/c1-3-5(4(2)13)6-7(9(15)11-3)10(16)12-8(6)14/h1-2H3,(H,11,15)(H,12,14,16). The summed E-state index contributed by atoms with van der Waals surface area (Å²) in [5.41, 5.74) is -0.653. The Kier molecular flexibility index (Phi) is 2.01. The van der Waals surface area contributed by atoms with Crippen LogP contribution < -0.4 is 10.9 Å². The summed E-state index contributed by atoms with van der Waals surface area (Å²) in [5, 5.41) is 2.00. The first-order chi connectivity index (χ1) is 7.43. The monoisotopic (exact) mass is 220 g/mol. The number of carbonyl (C=O) groups is 3. The third-order valence-corrected chi connectivity index (χ3v) is 2.44. The highest BCUT2D eigenvalue weighted by Crippen LogP contribution is 2.19. The molecule has 16 heavy (non-hydrogen) atoms. The first-order valence-corrected chi connectivity index (χ1v) is 4.57. The predicted octanol–water partition coefficient (Wildman–Crippen LogP) is -0.230. The number of aromatic nitrogens is 1. The minimum absolute atomic E-state index is 0.0953. The number of pyridine rings is 1. The number of imide groups is 1. The fourth-order valence-corrected chi connectivity index (χ4v) is 1.83. The van der Waals surface area contributed by atoms with E-state index in [0.717, 1.165) is 0 Å². The average Bonchev–Trinajstić information content (AvgIpc) is 2.41. The van der Waals surface area contributed by atoms with E-state index < -0.39 is 17.4 Å². The van der Waals surface area contributed by atoms with Crippen molar-refractivity contribution in [1.29, 1.82) is 0 Å². The molecule has 82 valence electrons. The van der Waals surface area contributed by atoms with Crippen LogP contribution in [0.2, 0.25) is 0 Å². The van der Waals surface area contributed by atoms with Crippen LogP contribution in [0, 0.1) is 6.92 Å². The molecule has 0 unspecified atom stereocenters. The van der Waals surface area contributed by atoms with E-state index >= 15 is 0 Å². The van der Waals surface area contributed by atoms with Crippen LogP contribution in [0.15, 0.2) is 4.79 Å². The molecule has 0 radical (unpaired) electrons. The molecule has 0 spiro atoms. The van der Waals surface area contributed by atoms with Crippen LogP contribution in [0.25, 0.3) is 0 Å². The summed E-state index contributed by atoms with van der Waals surface area (Å²) in [6.07, 6.45) is 0. The van der Waals surface area contributed by atoms with Gasteiger partial charge in [0.2, 0.25) is 0 Å². The Morgan fingerprint density at radius 2 is 1.62 bits per heavy atom. The number of aromatic amines is 1. The van der Waals surface area contributed by atoms with Crippen LogP contribution in [0.1, 0.15) is 43.7 Å². The highest BCUT2D eigenvalue weighted by Gasteiger charge is 2.34. The lowest BCUT2D eigenvalue weighted by molar-refractivity contribution is 0.0874. The summed E-state index contributed by atoms with van der Waals surface area (Å²) in [4.78, 5) is 48.0. The van der Waals surface area contributed by atoms with Crippen molar-refractivity contribution in [2.24, 2.45) is 0 Å². The normalized spacial score (nSPS) is 13.6. The maximum atomic E-state index is 11.5. The van der Waals surface area contributed by atoms with E-state index in [1.54, 1.807) is 0 Å². The van der Waals surface area contributed by atoms with E-state index in [1.807, 2.05) is 5.32 Å². The largest absolute Gasteiger partial charge is 0.325 e. The number of rotatable bonds is 1. The number of hydrogen-bond acceptors (Lipinski definition) is 4. The highest BCUT2D eigenvalue weighted by molar-refractivity contribution is 6.25. The lowest BCUT2D eigenvalue weighted by Gasteiger charge is -2.05. The molecule has 1 aromatic rings. The molecule has 6 heteroatoms. The van der Waals surface area contributed by atoms with Gasteiger partial charge in [-0.25, -0.2) is 0 Å². The Morgan fingerprint density at radius 3 is 2.19 bits per heavy atom. The van der Waals surface area contributed by atoms with Gasteiger partial charge in [0.1, 0.15) is 5.56 Å². The molecule has 1 aliphatic heterocycles. The number of carbonyl (C=O) groups excluding carboxylic acids is 3. The van der Waals surface area contributed by atoms with Crippen LogP contribution in [-0.2, 0) is 0 Å². The maximum absolute atomic E-state index is 11.5. The Balaban J connectivity index is 2.95. The molecule has 0 aromatic carbocycles. The summed E-state index contributed by atoms with van der Waals surface area (Å²) in [6.45, 7) is 2.78. The molecule has 6 nitrogen and oxygen atoms in total. The third-order valence-electron chi connectivity index (χ3n) is 2.44. The number of fused-ring (bicyclic) bond motifs is 1. The van der Waals surface area contributed by atoms with E-state index in [9.17, 15) is 19.2 Å². The number of Topliss-reactive ketones (excluding diaryl/α,β-unsaturated/α-hetero) is 1. The molecule has 0 fully saturated rings. The first kappa shape index (κ1) is 10.3. The van der Waals surface area contributed by atoms with Crippen LogP contribution in [0.5, 0.6) is 0 Å². The Hall–Kier alpha value is -2.24. The van der Waals surface area contributed by atoms with Crippen molar-refractivity contribution < 1.29 is 14.4 Å². The van der Waals surface area contributed by atoms with Crippen molar-refractivity contribution in [2.45, 2.75) is 13.8 Å². The number of ketones is 1. The second-order valence-electron chi connectivity index (χ2n) is 3.54. The molecule has 2 N–H and O–H groups in total. The Bertz CT molecular complexity index is 598. The van der Waals surface area contributed by atoms with Gasteiger partial charge in [0.25, 0.3) is 17.4 Å². The van der Waals surface area contributed by atoms with Crippen molar-refractivity contribution in [3.8, 4) is 0 Å². The van der Waals surface area contributed by atoms with Crippen molar-refractivity contribution in [1.82, 2.24) is 10.3 Å². The van der Waals surface area contributed by atoms with E-state index in [2.05, 4.69) is 4.98 Å². The van der Waals surface area contributed by atoms with Crippen molar-refractivity contribution in [2.75, 3.05) is 0 Å². The van der Waals surface area contributed by atoms with E-state index in [0.29, 0.717) is 5.69 Å². The second kappa shape index (κ2) is 3.13. The summed E-state index contributed by atoms with van der Waals surface area (Å²) in [7, 11) is 0. The zero-order valence-corrected chi connectivity index (χ0v) is 8.63. The highest BCUT2D eigenvalue weighted by atomic mass is 16.2. The topological polar surface area (TPSA) is 96.1 Å². The Labute approximate surface area is 89.7 Å². The molecular formula is C10H8N2O4. The van der Waals surface area contributed by atoms with Gasteiger partial charge in [-0.3, -0.25) is 24.5 Å². The van der Waals surface area contributed by atoms with E-state index in [-0.39, 0.29) is 22.5 Å². The molecule has 1 aromatic heterocycles. The van der Waals surface area contributed by atoms with Crippen molar-refractivity contribution in [3.05, 3.63) is 32.7 Å². The first-order valence-electron chi connectivity index (χ1n) is 4.57. The van der Waals surface area contributed by atoms with Gasteiger partial charge in [-0.1, -0.05) is 0 Å². The zero-order chi connectivity index (χ0) is 12.0. The zero-order valence-electron chi connectivity index (χ0n) is 8.63. The summed E-state index contributed by atoms with van der Waals surface area (Å²) >= 11 is 0. The molecule has 2 amide bonds. The van der Waals surface area contributed by atoms with Gasteiger partial charge in [-0.15, -0.1) is 0 Å². The van der Waals surface area contributed by atoms with Gasteiger partial charge < -0.3 is 4.98 Å². The summed E-state index contributed by atoms with van der Waals surface area (Å²) in [6, 6.07) is 0. The lowest BCUT2D eigenvalue weighted by Crippen LogP contribution is -2.23. The van der Waals surface area contributed by atoms with Gasteiger partial charge in [-0.2, -0.15) is 0 Å². The van der Waals surface area contributed by atoms with Crippen LogP contribution in [0.4, 0.5) is 0 Å². The van der Waals surface area contributed by atoms with Gasteiger partial charge in [0.05, 0.1) is 11.1 Å². The van der Waals surface area contributed by atoms with Crippen LogP contribution >= 0.6 is 0 Å². The fourth-order valence-electron chi connectivity index (χ4n) is 1.83. The minimum atomic E-state index is -0.760. The Morgan fingerprint density at radius 1 is 1.06 bits per heavy atom. The molecule has 0 aliphatic carbocycles. The number of hydrogen-bond donors (Lipinski definition) is 2. The second-order valence-corrected chi connectivity index (χ2v) is 3.54. The van der Waals surface area contributed by atoms with Crippen molar-refractivity contribution in [3.63, 3.8) is 0 Å². The van der Waals surface area contributed by atoms with Gasteiger partial charge in [0, 0.05) is 5.69 Å². The molecular weight excluding hydrogens is 212 g/mol. The van der Waals surface area contributed by atoms with E-state index in [4.69, 9.17) is 0 Å². The summed E-state index contributed by atoms with van der Waals surface area (Å²) < 4.78 is 0. The van der Waals surface area contributed by atoms with Crippen LogP contribution in [-0.4, -0.2) is 22.6 Å². The molecule has 0 saturated carbocycles. The van der Waals surface area contributed by atoms with Gasteiger partial charge in [-0.05, 0) is 13.8 Å². The minimum Gasteiger partial charge on any atom is -0.325 e. The van der Waals surface area contributed by atoms with Gasteiger partial charge >= 0.3 is 0 Å². The quantitative estimate of drug-likeness (QED) is 0.504. The molecule has 2 heterocycles. The van der Waals surface area contributed by atoms with Crippen molar-refractivity contribution >= 4 is 17.6 Å². The molecule has 1 aliphatic rings. The maximum Gasteiger partial charge on any atom is 0.264 e. The van der Waals surface area contributed by atoms with Crippen LogP contribution in [0.3, 0.4) is 0 Å². The predicted molar refractivity (Wildman–Crippen MR) is 53.6 cm³/mol. The molecule has 0 saturated heterocycles. The number of nitrogens with one attached hydrogen (secondary N) is 2. The van der Waals surface area contributed by atoms with Gasteiger partial charge in [0.15, 0.2) is 5.78 Å². The molecule has 0 atom stereocenters. The fraction of sp³-hybridized carbons (Fsp3) is 0.200. The third kappa shape index (κ3) is 1.19. The number of aryl methyl sites for hydroxylation is 1. The SMILES string of the molecule is CC(=O)c1c(C)[nH]c(=O)c2c1C(=O)NC2=O. The molecule has 0 bridgehead atoms. The number of amides is 2. The number of H-pyrrole nitrogens is 1. The molecule has 2 rings (SSSR count). The van der Waals surface area contributed by atoms with E-state index in [1.165, 1.54) is 13.8 Å². The summed E-state index contributed by atoms with van der Waals surface area (Å²) in [5.74, 6) is -1.82.